The minimum Gasteiger partial charge on any atom is -0.311 e. The largest absolute Gasteiger partial charge is 0.311 e. The second-order valence-electron chi connectivity index (χ2n) is 6.07. The highest BCUT2D eigenvalue weighted by Crippen LogP contribution is 2.26. The standard InChI is InChI=1S/C18H23N3O/c1-14(15-8-4-2-5-9-15)21-17(12-13-19-21)20-18(22)16-10-6-3-7-11-16/h2,4-5,8-9,12-14,16H,3,6-7,10-11H2,1H3,(H,20,22). The molecular formula is C18H23N3O. The first kappa shape index (κ1) is 14.8. The smallest absolute Gasteiger partial charge is 0.228 e. The molecular weight excluding hydrogens is 274 g/mol. The van der Waals surface area contributed by atoms with Crippen molar-refractivity contribution in [2.24, 2.45) is 5.92 Å². The van der Waals surface area contributed by atoms with E-state index in [1.54, 1.807) is 6.20 Å². The van der Waals surface area contributed by atoms with Crippen LogP contribution >= 0.6 is 0 Å². The van der Waals surface area contributed by atoms with Gasteiger partial charge in [0.2, 0.25) is 5.91 Å². The number of nitrogens with one attached hydrogen (secondary N) is 1. The number of carbonyl (C=O) groups excluding carboxylic acids is 1. The Morgan fingerprint density at radius 1 is 1.18 bits per heavy atom. The van der Waals surface area contributed by atoms with Gasteiger partial charge in [0.1, 0.15) is 5.82 Å². The molecule has 1 N–H and O–H groups in total. The summed E-state index contributed by atoms with van der Waals surface area (Å²) in [7, 11) is 0. The second-order valence-corrected chi connectivity index (χ2v) is 6.07. The van der Waals surface area contributed by atoms with Crippen molar-refractivity contribution in [2.75, 3.05) is 5.32 Å². The fraction of sp³-hybridized carbons (Fsp3) is 0.444. The van der Waals surface area contributed by atoms with Crippen LogP contribution in [0.25, 0.3) is 0 Å². The van der Waals surface area contributed by atoms with Crippen molar-refractivity contribution in [2.45, 2.75) is 45.1 Å². The van der Waals surface area contributed by atoms with Crippen molar-refractivity contribution in [3.63, 3.8) is 0 Å². The molecule has 1 heterocycles. The summed E-state index contributed by atoms with van der Waals surface area (Å²) in [6.45, 7) is 2.10. The highest BCUT2D eigenvalue weighted by atomic mass is 16.2. The van der Waals surface area contributed by atoms with Crippen LogP contribution in [0.1, 0.15) is 50.6 Å². The number of aromatic nitrogens is 2. The summed E-state index contributed by atoms with van der Waals surface area (Å²) in [5, 5.41) is 7.47. The Balaban J connectivity index is 1.73. The maximum Gasteiger partial charge on any atom is 0.228 e. The first-order valence-electron chi connectivity index (χ1n) is 8.15. The topological polar surface area (TPSA) is 46.9 Å². The van der Waals surface area contributed by atoms with E-state index >= 15 is 0 Å². The van der Waals surface area contributed by atoms with E-state index in [-0.39, 0.29) is 17.9 Å². The molecule has 0 radical (unpaired) electrons. The lowest BCUT2D eigenvalue weighted by Crippen LogP contribution is -2.26. The summed E-state index contributed by atoms with van der Waals surface area (Å²) in [6.07, 6.45) is 7.35. The van der Waals surface area contributed by atoms with Gasteiger partial charge in [-0.2, -0.15) is 5.10 Å². The Morgan fingerprint density at radius 2 is 1.91 bits per heavy atom. The first-order chi connectivity index (χ1) is 10.8. The van der Waals surface area contributed by atoms with Crippen molar-refractivity contribution >= 4 is 11.7 Å². The summed E-state index contributed by atoms with van der Waals surface area (Å²) < 4.78 is 1.88. The summed E-state index contributed by atoms with van der Waals surface area (Å²) in [5.41, 5.74) is 1.18. The third-order valence-electron chi connectivity index (χ3n) is 4.55. The number of benzene rings is 1. The number of hydrogen-bond donors (Lipinski definition) is 1. The van der Waals surface area contributed by atoms with Crippen LogP contribution in [-0.4, -0.2) is 15.7 Å². The molecule has 1 aromatic heterocycles. The summed E-state index contributed by atoms with van der Waals surface area (Å²) in [6, 6.07) is 12.2. The maximum absolute atomic E-state index is 12.4. The van der Waals surface area contributed by atoms with Gasteiger partial charge in [-0.25, -0.2) is 4.68 Å². The van der Waals surface area contributed by atoms with Gasteiger partial charge in [0, 0.05) is 12.0 Å². The van der Waals surface area contributed by atoms with E-state index in [1.165, 1.54) is 12.0 Å². The summed E-state index contributed by atoms with van der Waals surface area (Å²) in [4.78, 5) is 12.4. The maximum atomic E-state index is 12.4. The quantitative estimate of drug-likeness (QED) is 0.926. The minimum absolute atomic E-state index is 0.0952. The van der Waals surface area contributed by atoms with Crippen molar-refractivity contribution < 1.29 is 4.79 Å². The molecule has 0 aliphatic heterocycles. The Labute approximate surface area is 131 Å². The highest BCUT2D eigenvalue weighted by Gasteiger charge is 2.22. The van der Waals surface area contributed by atoms with Gasteiger partial charge in [-0.05, 0) is 25.3 Å². The van der Waals surface area contributed by atoms with Gasteiger partial charge in [-0.15, -0.1) is 0 Å². The van der Waals surface area contributed by atoms with Crippen LogP contribution in [0.3, 0.4) is 0 Å². The molecule has 1 aliphatic rings. The van der Waals surface area contributed by atoms with Crippen LogP contribution in [-0.2, 0) is 4.79 Å². The van der Waals surface area contributed by atoms with Crippen LogP contribution in [0.15, 0.2) is 42.6 Å². The van der Waals surface area contributed by atoms with Gasteiger partial charge < -0.3 is 5.32 Å². The van der Waals surface area contributed by atoms with Crippen LogP contribution < -0.4 is 5.32 Å². The van der Waals surface area contributed by atoms with E-state index in [2.05, 4.69) is 29.5 Å². The Bertz CT molecular complexity index is 614. The molecule has 3 rings (SSSR count). The molecule has 116 valence electrons. The first-order valence-corrected chi connectivity index (χ1v) is 8.15. The molecule has 2 aromatic rings. The van der Waals surface area contributed by atoms with Gasteiger partial charge in [0.15, 0.2) is 0 Å². The SMILES string of the molecule is CC(c1ccccc1)n1nccc1NC(=O)C1CCCCC1. The van der Waals surface area contributed by atoms with Gasteiger partial charge >= 0.3 is 0 Å². The van der Waals surface area contributed by atoms with Crippen molar-refractivity contribution in [1.29, 1.82) is 0 Å². The zero-order valence-electron chi connectivity index (χ0n) is 13.0. The molecule has 4 heteroatoms. The van der Waals surface area contributed by atoms with Crippen LogP contribution in [0.2, 0.25) is 0 Å². The zero-order valence-corrected chi connectivity index (χ0v) is 13.0. The molecule has 0 spiro atoms. The molecule has 1 atom stereocenters. The van der Waals surface area contributed by atoms with Crippen molar-refractivity contribution in [3.8, 4) is 0 Å². The molecule has 1 saturated carbocycles. The lowest BCUT2D eigenvalue weighted by atomic mass is 9.89. The fourth-order valence-corrected chi connectivity index (χ4v) is 3.19. The van der Waals surface area contributed by atoms with Crippen LogP contribution in [0.4, 0.5) is 5.82 Å². The lowest BCUT2D eigenvalue weighted by molar-refractivity contribution is -0.120. The molecule has 1 aliphatic carbocycles. The monoisotopic (exact) mass is 297 g/mol. The zero-order chi connectivity index (χ0) is 15.4. The highest BCUT2D eigenvalue weighted by molar-refractivity contribution is 5.91. The summed E-state index contributed by atoms with van der Waals surface area (Å²) in [5.74, 6) is 1.08. The number of rotatable bonds is 4. The third-order valence-corrected chi connectivity index (χ3v) is 4.55. The van der Waals surface area contributed by atoms with E-state index in [4.69, 9.17) is 0 Å². The Kier molecular flexibility index (Phi) is 4.56. The Morgan fingerprint density at radius 3 is 2.64 bits per heavy atom. The van der Waals surface area contributed by atoms with Gasteiger partial charge in [0.05, 0.1) is 12.2 Å². The van der Waals surface area contributed by atoms with E-state index in [0.717, 1.165) is 31.5 Å². The van der Waals surface area contributed by atoms with E-state index < -0.39 is 0 Å². The van der Waals surface area contributed by atoms with Gasteiger partial charge in [-0.3, -0.25) is 4.79 Å². The van der Waals surface area contributed by atoms with Crippen LogP contribution in [0, 0.1) is 5.92 Å². The predicted octanol–water partition coefficient (Wildman–Crippen LogP) is 4.01. The Hall–Kier alpha value is -2.10. The second kappa shape index (κ2) is 6.77. The molecule has 1 amide bonds. The molecule has 1 aromatic carbocycles. The molecule has 4 nitrogen and oxygen atoms in total. The number of carbonyl (C=O) groups is 1. The molecule has 1 unspecified atom stereocenters. The summed E-state index contributed by atoms with van der Waals surface area (Å²) >= 11 is 0. The lowest BCUT2D eigenvalue weighted by Gasteiger charge is -2.22. The molecule has 0 bridgehead atoms. The molecule has 22 heavy (non-hydrogen) atoms. The van der Waals surface area contributed by atoms with Gasteiger partial charge in [-0.1, -0.05) is 49.6 Å². The van der Waals surface area contributed by atoms with Crippen LogP contribution in [0.5, 0.6) is 0 Å². The fourth-order valence-electron chi connectivity index (χ4n) is 3.19. The number of nitrogens with zero attached hydrogens (tertiary/aromatic N) is 2. The average Bonchev–Trinajstić information content (AvgIpc) is 3.04. The third kappa shape index (κ3) is 3.21. The van der Waals surface area contributed by atoms with E-state index in [9.17, 15) is 4.79 Å². The van der Waals surface area contributed by atoms with Crippen molar-refractivity contribution in [1.82, 2.24) is 9.78 Å². The average molecular weight is 297 g/mol. The number of anilines is 1. The predicted molar refractivity (Wildman–Crippen MR) is 87.7 cm³/mol. The number of hydrogen-bond acceptors (Lipinski definition) is 2. The van der Waals surface area contributed by atoms with Crippen molar-refractivity contribution in [3.05, 3.63) is 48.2 Å². The molecule has 0 saturated heterocycles. The number of amides is 1. The van der Waals surface area contributed by atoms with E-state index in [1.807, 2.05) is 28.9 Å². The normalized spacial score (nSPS) is 17.1. The minimum atomic E-state index is 0.0952. The molecule has 1 fully saturated rings. The van der Waals surface area contributed by atoms with Gasteiger partial charge in [0.25, 0.3) is 0 Å². The van der Waals surface area contributed by atoms with E-state index in [0.29, 0.717) is 0 Å².